The van der Waals surface area contributed by atoms with E-state index in [1.807, 2.05) is 6.07 Å². The van der Waals surface area contributed by atoms with Gasteiger partial charge in [0.2, 0.25) is 0 Å². The number of aromatic nitrogens is 1. The number of methoxy groups -OCH3 is 1. The van der Waals surface area contributed by atoms with Crippen LogP contribution in [0.15, 0.2) is 6.07 Å². The Labute approximate surface area is 89.8 Å². The van der Waals surface area contributed by atoms with Crippen LogP contribution in [0.25, 0.3) is 0 Å². The maximum absolute atomic E-state index is 11.3. The van der Waals surface area contributed by atoms with Crippen molar-refractivity contribution in [3.05, 3.63) is 23.0 Å². The number of fused-ring (bicyclic) bond motifs is 1. The van der Waals surface area contributed by atoms with Crippen LogP contribution in [-0.2, 0) is 11.2 Å². The molecule has 82 valence electrons. The van der Waals surface area contributed by atoms with Crippen LogP contribution >= 0.6 is 0 Å². The van der Waals surface area contributed by atoms with Gasteiger partial charge in [0.05, 0.1) is 7.11 Å². The lowest BCUT2D eigenvalue weighted by Gasteiger charge is -2.06. The average molecular weight is 207 g/mol. The Morgan fingerprint density at radius 3 is 3.13 bits per heavy atom. The van der Waals surface area contributed by atoms with E-state index >= 15 is 0 Å². The fourth-order valence-electron chi connectivity index (χ4n) is 2.43. The minimum Gasteiger partial charge on any atom is -0.464 e. The zero-order chi connectivity index (χ0) is 10.8. The minimum absolute atomic E-state index is 0.264. The van der Waals surface area contributed by atoms with Crippen molar-refractivity contribution in [1.82, 2.24) is 4.98 Å². The van der Waals surface area contributed by atoms with Crippen molar-refractivity contribution in [1.29, 1.82) is 0 Å². The molecule has 1 aliphatic carbocycles. The van der Waals surface area contributed by atoms with Gasteiger partial charge in [-0.1, -0.05) is 13.3 Å². The fraction of sp³-hybridized carbons (Fsp3) is 0.583. The van der Waals surface area contributed by atoms with E-state index in [0.717, 1.165) is 6.42 Å². The highest BCUT2D eigenvalue weighted by Gasteiger charge is 2.25. The molecule has 0 saturated heterocycles. The van der Waals surface area contributed by atoms with Crippen LogP contribution < -0.4 is 0 Å². The minimum atomic E-state index is -0.264. The molecular formula is C12H17NO2. The smallest absolute Gasteiger partial charge is 0.354 e. The van der Waals surface area contributed by atoms with Crippen molar-refractivity contribution in [3.63, 3.8) is 0 Å². The Kier molecular flexibility index (Phi) is 2.80. The van der Waals surface area contributed by atoms with Gasteiger partial charge < -0.3 is 9.72 Å². The first-order valence-corrected chi connectivity index (χ1v) is 5.56. The van der Waals surface area contributed by atoms with Crippen LogP contribution in [0.3, 0.4) is 0 Å². The van der Waals surface area contributed by atoms with Crippen molar-refractivity contribution < 1.29 is 9.53 Å². The zero-order valence-electron chi connectivity index (χ0n) is 9.30. The molecule has 1 aromatic heterocycles. The lowest BCUT2D eigenvalue weighted by Crippen LogP contribution is -2.02. The zero-order valence-corrected chi connectivity index (χ0v) is 9.30. The van der Waals surface area contributed by atoms with E-state index in [1.165, 1.54) is 37.6 Å². The first-order chi connectivity index (χ1) is 7.26. The van der Waals surface area contributed by atoms with Crippen molar-refractivity contribution in [2.75, 3.05) is 7.11 Å². The van der Waals surface area contributed by atoms with Gasteiger partial charge in [0, 0.05) is 5.69 Å². The van der Waals surface area contributed by atoms with E-state index in [2.05, 4.69) is 11.9 Å². The lowest BCUT2D eigenvalue weighted by atomic mass is 9.98. The number of rotatable bonds is 3. The quantitative estimate of drug-likeness (QED) is 0.774. The molecule has 1 heterocycles. The van der Waals surface area contributed by atoms with Crippen LogP contribution in [-0.4, -0.2) is 18.1 Å². The number of hydrogen-bond acceptors (Lipinski definition) is 2. The van der Waals surface area contributed by atoms with Gasteiger partial charge in [-0.25, -0.2) is 4.79 Å². The number of ether oxygens (including phenoxy) is 1. The summed E-state index contributed by atoms with van der Waals surface area (Å²) in [6, 6.07) is 1.97. The molecule has 0 bridgehead atoms. The molecule has 0 amide bonds. The molecule has 0 aliphatic heterocycles. The number of hydrogen-bond donors (Lipinski definition) is 1. The second-order valence-corrected chi connectivity index (χ2v) is 4.13. The van der Waals surface area contributed by atoms with E-state index < -0.39 is 0 Å². The van der Waals surface area contributed by atoms with Crippen molar-refractivity contribution in [2.45, 2.75) is 38.5 Å². The second-order valence-electron chi connectivity index (χ2n) is 4.13. The Morgan fingerprint density at radius 2 is 2.47 bits per heavy atom. The average Bonchev–Trinajstić information content (AvgIpc) is 2.79. The highest BCUT2D eigenvalue weighted by Crippen LogP contribution is 2.36. The molecule has 0 aromatic carbocycles. The predicted octanol–water partition coefficient (Wildman–Crippen LogP) is 2.63. The van der Waals surface area contributed by atoms with Crippen molar-refractivity contribution in [2.24, 2.45) is 0 Å². The molecule has 1 unspecified atom stereocenters. The van der Waals surface area contributed by atoms with E-state index in [4.69, 9.17) is 4.74 Å². The van der Waals surface area contributed by atoms with Gasteiger partial charge in [0.15, 0.2) is 0 Å². The molecule has 1 N–H and O–H groups in total. The molecule has 3 heteroatoms. The topological polar surface area (TPSA) is 42.1 Å². The third-order valence-corrected chi connectivity index (χ3v) is 3.16. The van der Waals surface area contributed by atoms with Crippen molar-refractivity contribution in [3.8, 4) is 0 Å². The Bertz CT molecular complexity index is 368. The first kappa shape index (κ1) is 10.3. The Balaban J connectivity index is 2.22. The van der Waals surface area contributed by atoms with E-state index in [0.29, 0.717) is 11.6 Å². The van der Waals surface area contributed by atoms with E-state index in [1.54, 1.807) is 0 Å². The molecular weight excluding hydrogens is 190 g/mol. The number of nitrogens with one attached hydrogen (secondary N) is 1. The van der Waals surface area contributed by atoms with Crippen LogP contribution in [0.4, 0.5) is 0 Å². The van der Waals surface area contributed by atoms with Gasteiger partial charge in [0.25, 0.3) is 0 Å². The molecule has 15 heavy (non-hydrogen) atoms. The van der Waals surface area contributed by atoms with Crippen LogP contribution in [0.5, 0.6) is 0 Å². The fourth-order valence-corrected chi connectivity index (χ4v) is 2.43. The number of esters is 1. The van der Waals surface area contributed by atoms with Crippen molar-refractivity contribution >= 4 is 5.97 Å². The number of aryl methyl sites for hydroxylation is 1. The summed E-state index contributed by atoms with van der Waals surface area (Å²) >= 11 is 0. The third kappa shape index (κ3) is 1.78. The summed E-state index contributed by atoms with van der Waals surface area (Å²) in [4.78, 5) is 14.5. The summed E-state index contributed by atoms with van der Waals surface area (Å²) in [5, 5.41) is 0. The number of aromatic amines is 1. The summed E-state index contributed by atoms with van der Waals surface area (Å²) in [5.41, 5.74) is 3.16. The SMILES string of the molecule is CCCC1CCc2[nH]c(C(=O)OC)cc21. The van der Waals surface area contributed by atoms with Crippen LogP contribution in [0, 0.1) is 0 Å². The number of carbonyl (C=O) groups is 1. The van der Waals surface area contributed by atoms with Gasteiger partial charge >= 0.3 is 5.97 Å². The highest BCUT2D eigenvalue weighted by molar-refractivity contribution is 5.87. The molecule has 1 aliphatic rings. The van der Waals surface area contributed by atoms with Gasteiger partial charge in [-0.05, 0) is 36.8 Å². The summed E-state index contributed by atoms with van der Waals surface area (Å²) in [7, 11) is 1.41. The maximum atomic E-state index is 11.3. The molecule has 1 atom stereocenters. The monoisotopic (exact) mass is 207 g/mol. The summed E-state index contributed by atoms with van der Waals surface area (Å²) < 4.78 is 4.70. The predicted molar refractivity (Wildman–Crippen MR) is 58.1 cm³/mol. The number of H-pyrrole nitrogens is 1. The largest absolute Gasteiger partial charge is 0.464 e. The first-order valence-electron chi connectivity index (χ1n) is 5.56. The van der Waals surface area contributed by atoms with Gasteiger partial charge in [0.1, 0.15) is 5.69 Å². The van der Waals surface area contributed by atoms with E-state index in [-0.39, 0.29) is 5.97 Å². The molecule has 0 fully saturated rings. The lowest BCUT2D eigenvalue weighted by molar-refractivity contribution is 0.0594. The summed E-state index contributed by atoms with van der Waals surface area (Å²) in [6.07, 6.45) is 4.70. The molecule has 1 aromatic rings. The van der Waals surface area contributed by atoms with Crippen LogP contribution in [0.1, 0.15) is 53.8 Å². The molecule has 3 nitrogen and oxygen atoms in total. The van der Waals surface area contributed by atoms with Crippen LogP contribution in [0.2, 0.25) is 0 Å². The van der Waals surface area contributed by atoms with E-state index in [9.17, 15) is 4.79 Å². The van der Waals surface area contributed by atoms with Gasteiger partial charge in [-0.3, -0.25) is 0 Å². The van der Waals surface area contributed by atoms with Gasteiger partial charge in [-0.2, -0.15) is 0 Å². The molecule has 2 rings (SSSR count). The standard InChI is InChI=1S/C12H17NO2/c1-3-4-8-5-6-10-9(8)7-11(13-10)12(14)15-2/h7-8,13H,3-6H2,1-2H3. The molecule has 0 saturated carbocycles. The molecule has 0 spiro atoms. The molecule has 0 radical (unpaired) electrons. The Hall–Kier alpha value is -1.25. The van der Waals surface area contributed by atoms with Gasteiger partial charge in [-0.15, -0.1) is 0 Å². The number of carbonyl (C=O) groups excluding carboxylic acids is 1. The highest BCUT2D eigenvalue weighted by atomic mass is 16.5. The normalized spacial score (nSPS) is 18.9. The third-order valence-electron chi connectivity index (χ3n) is 3.16. The maximum Gasteiger partial charge on any atom is 0.354 e. The second kappa shape index (κ2) is 4.09. The Morgan fingerprint density at radius 1 is 1.67 bits per heavy atom. The summed E-state index contributed by atoms with van der Waals surface area (Å²) in [6.45, 7) is 2.20. The summed E-state index contributed by atoms with van der Waals surface area (Å²) in [5.74, 6) is 0.374.